The normalized spacial score (nSPS) is 12.9. The van der Waals surface area contributed by atoms with E-state index in [1.807, 2.05) is 0 Å². The second kappa shape index (κ2) is 63.3. The maximum absolute atomic E-state index is 12.9. The van der Waals surface area contributed by atoms with Crippen LogP contribution in [0.15, 0.2) is 122 Å². The molecule has 0 aliphatic rings. The van der Waals surface area contributed by atoms with E-state index < -0.39 is 6.10 Å². The Labute approximate surface area is 469 Å². The van der Waals surface area contributed by atoms with Crippen LogP contribution in [-0.4, -0.2) is 37.2 Å². The molecule has 0 saturated carbocycles. The highest BCUT2D eigenvalue weighted by atomic mass is 16.6. The van der Waals surface area contributed by atoms with Crippen LogP contribution < -0.4 is 0 Å². The summed E-state index contributed by atoms with van der Waals surface area (Å²) in [6, 6.07) is 0. The van der Waals surface area contributed by atoms with Crippen LogP contribution in [0.25, 0.3) is 0 Å². The highest BCUT2D eigenvalue weighted by Crippen LogP contribution is 2.14. The lowest BCUT2D eigenvalue weighted by molar-refractivity contribution is -0.167. The minimum absolute atomic E-state index is 0.0961. The maximum atomic E-state index is 12.9. The Morgan fingerprint density at radius 1 is 0.276 bits per heavy atom. The van der Waals surface area contributed by atoms with Crippen LogP contribution in [0.4, 0.5) is 0 Å². The molecule has 0 N–H and O–H groups in total. The first-order valence-corrected chi connectivity index (χ1v) is 31.5. The summed E-state index contributed by atoms with van der Waals surface area (Å²) in [7, 11) is 0. The third-order valence-electron chi connectivity index (χ3n) is 13.2. The first kappa shape index (κ1) is 71.8. The quantitative estimate of drug-likeness (QED) is 0.0261. The van der Waals surface area contributed by atoms with Crippen molar-refractivity contribution in [2.24, 2.45) is 0 Å². The zero-order valence-corrected chi connectivity index (χ0v) is 49.5. The zero-order valence-electron chi connectivity index (χ0n) is 49.5. The van der Waals surface area contributed by atoms with Crippen LogP contribution in [0.5, 0.6) is 0 Å². The number of allylic oxidation sites excluding steroid dienone is 20. The van der Waals surface area contributed by atoms with Gasteiger partial charge in [0, 0.05) is 19.3 Å². The van der Waals surface area contributed by atoms with E-state index in [1.54, 1.807) is 0 Å². The van der Waals surface area contributed by atoms with Gasteiger partial charge in [-0.3, -0.25) is 14.4 Å². The highest BCUT2D eigenvalue weighted by molar-refractivity contribution is 5.71. The molecule has 0 amide bonds. The van der Waals surface area contributed by atoms with Crippen molar-refractivity contribution < 1.29 is 28.6 Å². The lowest BCUT2D eigenvalue weighted by atomic mass is 10.1. The molecule has 0 aliphatic carbocycles. The van der Waals surface area contributed by atoms with Crippen molar-refractivity contribution in [3.8, 4) is 0 Å². The average Bonchev–Trinajstić information content (AvgIpc) is 3.42. The van der Waals surface area contributed by atoms with E-state index in [4.69, 9.17) is 14.2 Å². The van der Waals surface area contributed by atoms with Crippen molar-refractivity contribution in [3.63, 3.8) is 0 Å². The zero-order chi connectivity index (χ0) is 55.0. The third kappa shape index (κ3) is 60.7. The molecule has 1 atom stereocenters. The molecule has 0 rings (SSSR count). The van der Waals surface area contributed by atoms with Gasteiger partial charge in [-0.2, -0.15) is 0 Å². The molecule has 76 heavy (non-hydrogen) atoms. The van der Waals surface area contributed by atoms with Gasteiger partial charge in [-0.25, -0.2) is 0 Å². The van der Waals surface area contributed by atoms with Crippen molar-refractivity contribution in [1.82, 2.24) is 0 Å². The topological polar surface area (TPSA) is 78.9 Å². The second-order valence-corrected chi connectivity index (χ2v) is 20.6. The molecular weight excluding hydrogens is 937 g/mol. The molecule has 0 spiro atoms. The molecule has 0 bridgehead atoms. The predicted molar refractivity (Wildman–Crippen MR) is 330 cm³/mol. The summed E-state index contributed by atoms with van der Waals surface area (Å²) in [4.78, 5) is 38.3. The molecule has 0 saturated heterocycles. The number of hydrogen-bond acceptors (Lipinski definition) is 6. The highest BCUT2D eigenvalue weighted by Gasteiger charge is 2.19. The lowest BCUT2D eigenvalue weighted by Gasteiger charge is -2.18. The van der Waals surface area contributed by atoms with Gasteiger partial charge in [-0.1, -0.05) is 251 Å². The summed E-state index contributed by atoms with van der Waals surface area (Å²) >= 11 is 0. The Kier molecular flexibility index (Phi) is 59.9. The summed E-state index contributed by atoms with van der Waals surface area (Å²) < 4.78 is 16.9. The van der Waals surface area contributed by atoms with Gasteiger partial charge < -0.3 is 14.2 Å². The third-order valence-corrected chi connectivity index (χ3v) is 13.2. The van der Waals surface area contributed by atoms with Crippen LogP contribution in [0.1, 0.15) is 284 Å². The monoisotopic (exact) mass is 1050 g/mol. The molecule has 0 aromatic rings. The smallest absolute Gasteiger partial charge is 0.306 e. The Morgan fingerprint density at radius 3 is 0.842 bits per heavy atom. The fourth-order valence-corrected chi connectivity index (χ4v) is 8.45. The van der Waals surface area contributed by atoms with Gasteiger partial charge in [0.25, 0.3) is 0 Å². The molecule has 0 fully saturated rings. The number of hydrogen-bond donors (Lipinski definition) is 0. The second-order valence-electron chi connectivity index (χ2n) is 20.6. The van der Waals surface area contributed by atoms with Crippen molar-refractivity contribution in [2.45, 2.75) is 290 Å². The van der Waals surface area contributed by atoms with Crippen molar-refractivity contribution in [3.05, 3.63) is 122 Å². The molecule has 0 radical (unpaired) electrons. The van der Waals surface area contributed by atoms with Crippen LogP contribution >= 0.6 is 0 Å². The van der Waals surface area contributed by atoms with E-state index in [0.717, 1.165) is 141 Å². The van der Waals surface area contributed by atoms with Crippen LogP contribution in [0, 0.1) is 0 Å². The number of unbranched alkanes of at least 4 members (excludes halogenated alkanes) is 25. The van der Waals surface area contributed by atoms with Gasteiger partial charge in [0.1, 0.15) is 13.2 Å². The minimum atomic E-state index is -0.801. The molecule has 1 unspecified atom stereocenters. The van der Waals surface area contributed by atoms with Crippen LogP contribution in [0.3, 0.4) is 0 Å². The lowest BCUT2D eigenvalue weighted by Crippen LogP contribution is -2.30. The van der Waals surface area contributed by atoms with Crippen LogP contribution in [0.2, 0.25) is 0 Å². The number of carbonyl (C=O) groups excluding carboxylic acids is 3. The number of rotatable bonds is 56. The van der Waals surface area contributed by atoms with Gasteiger partial charge >= 0.3 is 17.9 Å². The van der Waals surface area contributed by atoms with E-state index in [1.165, 1.54) is 103 Å². The van der Waals surface area contributed by atoms with Crippen molar-refractivity contribution in [2.75, 3.05) is 13.2 Å². The summed E-state index contributed by atoms with van der Waals surface area (Å²) in [5, 5.41) is 0. The molecule has 0 heterocycles. The van der Waals surface area contributed by atoms with Gasteiger partial charge in [-0.15, -0.1) is 0 Å². The summed E-state index contributed by atoms with van der Waals surface area (Å²) in [5.74, 6) is -0.935. The standard InChI is InChI=1S/C70H116O6/c1-4-7-10-13-16-19-22-25-27-29-31-33-35-37-39-41-43-45-48-51-54-57-60-63-69(72)75-66-67(65-74-68(71)62-59-56-53-50-47-24-21-18-15-12-9-6-3)76-70(73)64-61-58-55-52-49-46-44-42-40-38-36-34-32-30-28-26-23-20-17-14-11-8-5-2/h7,10,16,18-19,21,23,25-27,30-33,36-39,43,45,67H,4-6,8-9,11-15,17,20,22,24,28-29,34-35,40-42,44,46-66H2,1-3H3/b10-7-,19-16-,21-18-,26-23-,27-25-,32-30-,33-31-,38-36-,39-37-,45-43-. The van der Waals surface area contributed by atoms with Crippen LogP contribution in [-0.2, 0) is 28.6 Å². The maximum Gasteiger partial charge on any atom is 0.306 e. The van der Waals surface area contributed by atoms with E-state index in [9.17, 15) is 14.4 Å². The number of esters is 3. The molecule has 0 aromatic carbocycles. The van der Waals surface area contributed by atoms with Gasteiger partial charge in [-0.05, 0) is 135 Å². The summed E-state index contributed by atoms with van der Waals surface area (Å²) in [6.45, 7) is 6.46. The Morgan fingerprint density at radius 2 is 0.513 bits per heavy atom. The van der Waals surface area contributed by atoms with E-state index in [-0.39, 0.29) is 31.1 Å². The molecular formula is C70H116O6. The molecule has 6 nitrogen and oxygen atoms in total. The average molecular weight is 1050 g/mol. The number of carbonyl (C=O) groups is 3. The summed E-state index contributed by atoms with van der Waals surface area (Å²) in [5.41, 5.74) is 0. The first-order chi connectivity index (χ1) is 37.5. The van der Waals surface area contributed by atoms with Crippen molar-refractivity contribution >= 4 is 17.9 Å². The van der Waals surface area contributed by atoms with E-state index in [0.29, 0.717) is 19.3 Å². The Hall–Kier alpha value is -4.19. The predicted octanol–water partition coefficient (Wildman–Crippen LogP) is 21.6. The van der Waals surface area contributed by atoms with Gasteiger partial charge in [0.15, 0.2) is 6.10 Å². The van der Waals surface area contributed by atoms with E-state index >= 15 is 0 Å². The van der Waals surface area contributed by atoms with Gasteiger partial charge in [0.05, 0.1) is 0 Å². The summed E-state index contributed by atoms with van der Waals surface area (Å²) in [6.07, 6.45) is 87.7. The fraction of sp³-hybridized carbons (Fsp3) is 0.671. The molecule has 0 aromatic heterocycles. The molecule has 0 aliphatic heterocycles. The Balaban J connectivity index is 4.42. The first-order valence-electron chi connectivity index (χ1n) is 31.5. The molecule has 432 valence electrons. The fourth-order valence-electron chi connectivity index (χ4n) is 8.45. The van der Waals surface area contributed by atoms with Gasteiger partial charge in [0.2, 0.25) is 0 Å². The SMILES string of the molecule is CC/C=C\C/C=C\C/C=C\C/C=C\C/C=C\C/C=C\CCCCCCC(=O)OCC(COC(=O)CCCCCCC/C=C\CCCCC)OC(=O)CCCCCCCCCC/C=C\C/C=C\C/C=C\CCCCCCC. The molecule has 6 heteroatoms. The minimum Gasteiger partial charge on any atom is -0.462 e. The van der Waals surface area contributed by atoms with E-state index in [2.05, 4.69) is 142 Å². The number of ether oxygens (including phenoxy) is 3. The Bertz CT molecular complexity index is 1590. The van der Waals surface area contributed by atoms with Crippen molar-refractivity contribution in [1.29, 1.82) is 0 Å². The largest absolute Gasteiger partial charge is 0.462 e.